The second kappa shape index (κ2) is 5.74. The number of alkyl halides is 3. The number of H-pyrrole nitrogens is 1. The zero-order valence-electron chi connectivity index (χ0n) is 12.3. The number of pyridine rings is 1. The van der Waals surface area contributed by atoms with Crippen molar-refractivity contribution >= 4 is 11.2 Å². The Balaban J connectivity index is 2.20. The third-order valence-electron chi connectivity index (χ3n) is 4.01. The van der Waals surface area contributed by atoms with E-state index in [2.05, 4.69) is 20.0 Å². The van der Waals surface area contributed by atoms with Crippen LogP contribution in [0.25, 0.3) is 11.2 Å². The molecule has 2 aromatic heterocycles. The summed E-state index contributed by atoms with van der Waals surface area (Å²) in [7, 11) is 0. The third-order valence-corrected chi connectivity index (χ3v) is 4.01. The van der Waals surface area contributed by atoms with Gasteiger partial charge >= 0.3 is 6.18 Å². The minimum Gasteiger partial charge on any atom is -0.391 e. The summed E-state index contributed by atoms with van der Waals surface area (Å²) < 4.78 is 46.6. The number of hydrogen-bond donors (Lipinski definition) is 4. The number of aliphatic hydroxyl groups is 2. The van der Waals surface area contributed by atoms with Crippen molar-refractivity contribution in [3.63, 3.8) is 0 Å². The Bertz CT molecular complexity index is 904. The van der Waals surface area contributed by atoms with E-state index in [0.717, 1.165) is 17.0 Å². The van der Waals surface area contributed by atoms with Crippen molar-refractivity contribution in [2.75, 3.05) is 6.61 Å². The Kier molecular flexibility index (Phi) is 3.95. The summed E-state index contributed by atoms with van der Waals surface area (Å²) in [6, 6.07) is 1.15. The molecule has 4 atom stereocenters. The lowest BCUT2D eigenvalue weighted by Gasteiger charge is -2.23. The van der Waals surface area contributed by atoms with Crippen LogP contribution in [-0.2, 0) is 4.74 Å². The van der Waals surface area contributed by atoms with Crippen molar-refractivity contribution in [3.05, 3.63) is 28.8 Å². The van der Waals surface area contributed by atoms with E-state index in [-0.39, 0.29) is 11.2 Å². The van der Waals surface area contributed by atoms with Crippen molar-refractivity contribution in [1.82, 2.24) is 19.4 Å². The van der Waals surface area contributed by atoms with E-state index in [1.165, 1.54) is 6.20 Å². The van der Waals surface area contributed by atoms with Gasteiger partial charge in [-0.05, 0) is 0 Å². The second-order valence-corrected chi connectivity index (χ2v) is 5.41. The molecule has 25 heavy (non-hydrogen) atoms. The zero-order chi connectivity index (χ0) is 18.4. The van der Waals surface area contributed by atoms with Gasteiger partial charge in [0.1, 0.15) is 29.8 Å². The third kappa shape index (κ3) is 2.53. The molecular formula is C12H12F3N6O4+. The van der Waals surface area contributed by atoms with Crippen LogP contribution in [0, 0.1) is 11.4 Å². The Morgan fingerprint density at radius 2 is 2.28 bits per heavy atom. The lowest BCUT2D eigenvalue weighted by Crippen LogP contribution is -2.46. The van der Waals surface area contributed by atoms with E-state index in [1.807, 2.05) is 0 Å². The molecular weight excluding hydrogens is 349 g/mol. The molecule has 0 spiro atoms. The van der Waals surface area contributed by atoms with Gasteiger partial charge in [0.05, 0.1) is 6.33 Å². The Hall–Kier alpha value is -2.60. The first kappa shape index (κ1) is 17.2. The molecule has 0 aromatic carbocycles. The lowest BCUT2D eigenvalue weighted by molar-refractivity contribution is -0.210. The van der Waals surface area contributed by atoms with Gasteiger partial charge in [0.2, 0.25) is 10.3 Å². The summed E-state index contributed by atoms with van der Waals surface area (Å²) in [5.41, 5.74) is 3.56. The number of hydrogen-bond acceptors (Lipinski definition) is 7. The van der Waals surface area contributed by atoms with Crippen molar-refractivity contribution in [1.29, 1.82) is 5.53 Å². The highest BCUT2D eigenvalue weighted by molar-refractivity contribution is 5.70. The Labute approximate surface area is 136 Å². The van der Waals surface area contributed by atoms with Gasteiger partial charge in [-0.25, -0.2) is 4.98 Å². The number of fused-ring (bicyclic) bond motifs is 1. The number of aromatic amines is 1. The summed E-state index contributed by atoms with van der Waals surface area (Å²) >= 11 is 0. The van der Waals surface area contributed by atoms with Gasteiger partial charge in [0, 0.05) is 12.3 Å². The highest BCUT2D eigenvalue weighted by Crippen LogP contribution is 2.49. The molecule has 0 unspecified atom stereocenters. The molecule has 2 aromatic rings. The number of nitrogens with one attached hydrogen (secondary N) is 2. The van der Waals surface area contributed by atoms with Crippen LogP contribution < -0.4 is 10.3 Å². The first-order chi connectivity index (χ1) is 11.7. The SMILES string of the molecule is N=[N+]=N[C@]1(CO)O[C@@H](n2cnc3c(=O)cc[nH]c32)[C@@H](C(F)(F)F)[C@@H]1O. The van der Waals surface area contributed by atoms with Gasteiger partial charge in [0.25, 0.3) is 5.72 Å². The van der Waals surface area contributed by atoms with Crippen LogP contribution in [0.2, 0.25) is 0 Å². The van der Waals surface area contributed by atoms with Crippen molar-refractivity contribution in [2.45, 2.75) is 24.2 Å². The largest absolute Gasteiger partial charge is 0.398 e. The van der Waals surface area contributed by atoms with Gasteiger partial charge in [-0.1, -0.05) is 0 Å². The summed E-state index contributed by atoms with van der Waals surface area (Å²) in [5.74, 6) is -2.51. The number of nitrogens with zero attached hydrogens (tertiary/aromatic N) is 4. The summed E-state index contributed by atoms with van der Waals surface area (Å²) in [6.45, 7) is -1.14. The number of ether oxygens (including phenoxy) is 1. The number of halogens is 3. The quantitative estimate of drug-likeness (QED) is 0.449. The molecule has 0 radical (unpaired) electrons. The van der Waals surface area contributed by atoms with Crippen LogP contribution in [0.1, 0.15) is 6.23 Å². The van der Waals surface area contributed by atoms with E-state index < -0.39 is 42.2 Å². The maximum Gasteiger partial charge on any atom is 0.398 e. The van der Waals surface area contributed by atoms with E-state index in [9.17, 15) is 28.2 Å². The van der Waals surface area contributed by atoms with Crippen LogP contribution in [0.4, 0.5) is 13.2 Å². The van der Waals surface area contributed by atoms with E-state index in [0.29, 0.717) is 0 Å². The first-order valence-electron chi connectivity index (χ1n) is 6.91. The van der Waals surface area contributed by atoms with Crippen LogP contribution in [0.5, 0.6) is 0 Å². The molecule has 0 aliphatic carbocycles. The molecule has 13 heteroatoms. The van der Waals surface area contributed by atoms with E-state index in [4.69, 9.17) is 10.3 Å². The van der Waals surface area contributed by atoms with Crippen LogP contribution in [0.15, 0.2) is 28.5 Å². The van der Waals surface area contributed by atoms with Crippen LogP contribution in [0.3, 0.4) is 0 Å². The normalized spacial score (nSPS) is 29.7. The van der Waals surface area contributed by atoms with Gasteiger partial charge in [-0.2, -0.15) is 13.2 Å². The standard InChI is InChI=1S/C12H11F3N6O4/c13-12(14,15)6-8(24)11(3-22,19-20-16)25-10(6)21-4-18-7-5(23)1-2-17-9(7)21/h1-2,4,6,8,10,16,22,24H,3H2/p+1/t6-,8-,10+,11+/m0/s1. The Morgan fingerprint density at radius 1 is 1.56 bits per heavy atom. The minimum atomic E-state index is -4.94. The molecule has 0 saturated carbocycles. The smallest absolute Gasteiger partial charge is 0.391 e. The molecule has 1 aliphatic rings. The van der Waals surface area contributed by atoms with E-state index >= 15 is 0 Å². The molecule has 0 bridgehead atoms. The average molecular weight is 361 g/mol. The molecule has 134 valence electrons. The predicted octanol–water partition coefficient (Wildman–Crippen LogP) is 0.0318. The number of imidazole rings is 1. The fourth-order valence-corrected chi connectivity index (χ4v) is 2.84. The maximum atomic E-state index is 13.5. The molecule has 1 fully saturated rings. The maximum absolute atomic E-state index is 13.5. The lowest BCUT2D eigenvalue weighted by atomic mass is 9.95. The van der Waals surface area contributed by atoms with Crippen molar-refractivity contribution < 1.29 is 28.1 Å². The molecule has 3 rings (SSSR count). The zero-order valence-corrected chi connectivity index (χ0v) is 12.3. The Morgan fingerprint density at radius 3 is 2.88 bits per heavy atom. The molecule has 4 N–H and O–H groups in total. The number of aromatic nitrogens is 3. The van der Waals surface area contributed by atoms with Gasteiger partial charge < -0.3 is 19.9 Å². The molecule has 3 heterocycles. The monoisotopic (exact) mass is 361 g/mol. The summed E-state index contributed by atoms with van der Waals surface area (Å²) in [4.78, 5) is 20.7. The highest BCUT2D eigenvalue weighted by atomic mass is 19.4. The van der Waals surface area contributed by atoms with Gasteiger partial charge in [0.15, 0.2) is 16.9 Å². The molecule has 0 amide bonds. The molecule has 10 nitrogen and oxygen atoms in total. The molecule has 1 saturated heterocycles. The fraction of sp³-hybridized carbons (Fsp3) is 0.500. The summed E-state index contributed by atoms with van der Waals surface area (Å²) in [6.07, 6.45) is -6.99. The van der Waals surface area contributed by atoms with Crippen LogP contribution >= 0.6 is 0 Å². The average Bonchev–Trinajstić information content (AvgIpc) is 3.08. The second-order valence-electron chi connectivity index (χ2n) is 5.41. The number of aliphatic hydroxyl groups excluding tert-OH is 2. The fourth-order valence-electron chi connectivity index (χ4n) is 2.84. The topological polar surface area (TPSA) is 151 Å². The van der Waals surface area contributed by atoms with Crippen LogP contribution in [-0.4, -0.2) is 49.4 Å². The number of rotatable bonds is 3. The van der Waals surface area contributed by atoms with E-state index in [1.54, 1.807) is 0 Å². The van der Waals surface area contributed by atoms with Crippen molar-refractivity contribution in [3.8, 4) is 0 Å². The van der Waals surface area contributed by atoms with Gasteiger partial charge in [-0.15, -0.1) is 0 Å². The minimum absolute atomic E-state index is 0.0597. The van der Waals surface area contributed by atoms with Crippen molar-refractivity contribution in [2.24, 2.45) is 11.0 Å². The predicted molar refractivity (Wildman–Crippen MR) is 73.1 cm³/mol. The van der Waals surface area contributed by atoms with Gasteiger partial charge in [-0.3, -0.25) is 9.36 Å². The highest BCUT2D eigenvalue weighted by Gasteiger charge is 2.67. The molecule has 1 aliphatic heterocycles. The first-order valence-corrected chi connectivity index (χ1v) is 6.91. The summed E-state index contributed by atoms with van der Waals surface area (Å²) in [5, 5.41) is 22.7.